The zero-order valence-corrected chi connectivity index (χ0v) is 11.1. The Hall–Kier alpha value is -1.51. The van der Waals surface area contributed by atoms with Crippen LogP contribution in [0.25, 0.3) is 0 Å². The van der Waals surface area contributed by atoms with Crippen molar-refractivity contribution in [3.8, 4) is 0 Å². The molecule has 0 saturated heterocycles. The number of para-hydroxylation sites is 1. The Labute approximate surface area is 109 Å². The van der Waals surface area contributed by atoms with Crippen LogP contribution in [0.1, 0.15) is 32.3 Å². The van der Waals surface area contributed by atoms with E-state index < -0.39 is 0 Å². The van der Waals surface area contributed by atoms with E-state index in [2.05, 4.69) is 25.2 Å². The van der Waals surface area contributed by atoms with Crippen molar-refractivity contribution in [2.45, 2.75) is 39.2 Å². The molecule has 0 amide bonds. The molecule has 0 saturated carbocycles. The highest BCUT2D eigenvalue weighted by Crippen LogP contribution is 2.25. The Morgan fingerprint density at radius 2 is 2.11 bits per heavy atom. The fraction of sp³-hybridized carbons (Fsp3) is 0.533. The molecule has 18 heavy (non-hydrogen) atoms. The van der Waals surface area contributed by atoms with E-state index in [1.165, 1.54) is 5.56 Å². The lowest BCUT2D eigenvalue weighted by atomic mass is 10.1. The summed E-state index contributed by atoms with van der Waals surface area (Å²) >= 11 is 0. The average Bonchev–Trinajstić information content (AvgIpc) is 2.83. The van der Waals surface area contributed by atoms with Crippen molar-refractivity contribution in [3.63, 3.8) is 0 Å². The Morgan fingerprint density at radius 3 is 2.78 bits per heavy atom. The number of fused-ring (bicyclic) bond motifs is 1. The molecule has 0 fully saturated rings. The van der Waals surface area contributed by atoms with Gasteiger partial charge in [0.25, 0.3) is 0 Å². The van der Waals surface area contributed by atoms with Gasteiger partial charge in [-0.3, -0.25) is 0 Å². The van der Waals surface area contributed by atoms with Gasteiger partial charge in [0.15, 0.2) is 0 Å². The summed E-state index contributed by atoms with van der Waals surface area (Å²) in [6.07, 6.45) is 2.85. The number of anilines is 1. The van der Waals surface area contributed by atoms with Gasteiger partial charge in [0, 0.05) is 12.1 Å². The molecule has 0 bridgehead atoms. The number of carbonyl (C=O) groups excluding carboxylic acids is 1. The number of nitrogens with one attached hydrogen (secondary N) is 1. The van der Waals surface area contributed by atoms with Crippen molar-refractivity contribution < 1.29 is 9.53 Å². The largest absolute Gasteiger partial charge is 0.464 e. The van der Waals surface area contributed by atoms with Crippen LogP contribution in [0.4, 0.5) is 5.69 Å². The summed E-state index contributed by atoms with van der Waals surface area (Å²) in [5.74, 6) is 0.357. The quantitative estimate of drug-likeness (QED) is 0.813. The molecule has 1 aliphatic heterocycles. The van der Waals surface area contributed by atoms with Gasteiger partial charge in [-0.15, -0.1) is 0 Å². The highest BCUT2D eigenvalue weighted by Gasteiger charge is 2.27. The number of carbonyl (C=O) groups is 1. The van der Waals surface area contributed by atoms with Gasteiger partial charge in [-0.2, -0.15) is 0 Å². The summed E-state index contributed by atoms with van der Waals surface area (Å²) in [6.45, 7) is 4.80. The minimum atomic E-state index is -0.211. The SMILES string of the molecule is CCC(CC)COC(=O)C1Cc2ccccc2N1. The van der Waals surface area contributed by atoms with Crippen LogP contribution in [-0.4, -0.2) is 18.6 Å². The first kappa shape index (κ1) is 12.9. The van der Waals surface area contributed by atoms with E-state index in [-0.39, 0.29) is 12.0 Å². The fourth-order valence-corrected chi connectivity index (χ4v) is 2.26. The van der Waals surface area contributed by atoms with E-state index in [0.717, 1.165) is 24.9 Å². The van der Waals surface area contributed by atoms with Crippen LogP contribution < -0.4 is 5.32 Å². The topological polar surface area (TPSA) is 38.3 Å². The summed E-state index contributed by atoms with van der Waals surface area (Å²) in [4.78, 5) is 12.0. The zero-order valence-electron chi connectivity index (χ0n) is 11.1. The number of benzene rings is 1. The fourth-order valence-electron chi connectivity index (χ4n) is 2.26. The first-order valence-electron chi connectivity index (χ1n) is 6.75. The van der Waals surface area contributed by atoms with Crippen LogP contribution in [-0.2, 0) is 16.0 Å². The lowest BCUT2D eigenvalue weighted by Crippen LogP contribution is -2.30. The van der Waals surface area contributed by atoms with Gasteiger partial charge >= 0.3 is 5.97 Å². The van der Waals surface area contributed by atoms with Crippen LogP contribution >= 0.6 is 0 Å². The van der Waals surface area contributed by atoms with Crippen molar-refractivity contribution in [3.05, 3.63) is 29.8 Å². The van der Waals surface area contributed by atoms with E-state index in [1.54, 1.807) is 0 Å². The molecule has 1 unspecified atom stereocenters. The third-order valence-electron chi connectivity index (χ3n) is 3.67. The van der Waals surface area contributed by atoms with Crippen LogP contribution in [0.3, 0.4) is 0 Å². The second-order valence-electron chi connectivity index (χ2n) is 4.87. The molecule has 1 heterocycles. The molecule has 98 valence electrons. The lowest BCUT2D eigenvalue weighted by Gasteiger charge is -2.15. The minimum absolute atomic E-state index is 0.127. The van der Waals surface area contributed by atoms with Crippen molar-refractivity contribution in [1.82, 2.24) is 0 Å². The third kappa shape index (κ3) is 2.84. The van der Waals surface area contributed by atoms with Crippen molar-refractivity contribution >= 4 is 11.7 Å². The summed E-state index contributed by atoms with van der Waals surface area (Å²) in [5.41, 5.74) is 2.25. The number of ether oxygens (including phenoxy) is 1. The van der Waals surface area contributed by atoms with Gasteiger partial charge in [-0.25, -0.2) is 4.79 Å². The second-order valence-corrected chi connectivity index (χ2v) is 4.87. The molecule has 1 N–H and O–H groups in total. The Kier molecular flexibility index (Phi) is 4.24. The zero-order chi connectivity index (χ0) is 13.0. The lowest BCUT2D eigenvalue weighted by molar-refractivity contribution is -0.145. The van der Waals surface area contributed by atoms with Gasteiger partial charge in [-0.1, -0.05) is 44.9 Å². The van der Waals surface area contributed by atoms with Crippen LogP contribution in [0.15, 0.2) is 24.3 Å². The molecule has 1 atom stereocenters. The molecule has 0 aromatic heterocycles. The third-order valence-corrected chi connectivity index (χ3v) is 3.67. The van der Waals surface area contributed by atoms with E-state index in [9.17, 15) is 4.79 Å². The number of hydrogen-bond acceptors (Lipinski definition) is 3. The van der Waals surface area contributed by atoms with E-state index >= 15 is 0 Å². The minimum Gasteiger partial charge on any atom is -0.464 e. The van der Waals surface area contributed by atoms with Crippen LogP contribution in [0.2, 0.25) is 0 Å². The van der Waals surface area contributed by atoms with Crippen LogP contribution in [0, 0.1) is 5.92 Å². The normalized spacial score (nSPS) is 17.4. The molecule has 2 rings (SSSR count). The average molecular weight is 247 g/mol. The summed E-state index contributed by atoms with van der Waals surface area (Å²) in [5, 5.41) is 3.22. The van der Waals surface area contributed by atoms with E-state index in [1.807, 2.05) is 18.2 Å². The number of hydrogen-bond donors (Lipinski definition) is 1. The maximum absolute atomic E-state index is 12.0. The smallest absolute Gasteiger partial charge is 0.328 e. The Bertz CT molecular complexity index is 388. The Balaban J connectivity index is 1.86. The van der Waals surface area contributed by atoms with Gasteiger partial charge in [0.05, 0.1) is 6.61 Å². The van der Waals surface area contributed by atoms with Gasteiger partial charge in [0.1, 0.15) is 6.04 Å². The summed E-state index contributed by atoms with van der Waals surface area (Å²) in [7, 11) is 0. The predicted molar refractivity (Wildman–Crippen MR) is 72.6 cm³/mol. The van der Waals surface area contributed by atoms with E-state index in [4.69, 9.17) is 4.74 Å². The van der Waals surface area contributed by atoms with Crippen molar-refractivity contribution in [1.29, 1.82) is 0 Å². The molecule has 0 aliphatic carbocycles. The highest BCUT2D eigenvalue weighted by molar-refractivity contribution is 5.82. The molecule has 0 radical (unpaired) electrons. The Morgan fingerprint density at radius 1 is 1.39 bits per heavy atom. The predicted octanol–water partition coefficient (Wildman–Crippen LogP) is 3.00. The maximum atomic E-state index is 12.0. The summed E-state index contributed by atoms with van der Waals surface area (Å²) in [6, 6.07) is 7.82. The van der Waals surface area contributed by atoms with Crippen molar-refractivity contribution in [2.24, 2.45) is 5.92 Å². The van der Waals surface area contributed by atoms with E-state index in [0.29, 0.717) is 12.5 Å². The number of esters is 1. The highest BCUT2D eigenvalue weighted by atomic mass is 16.5. The molecule has 1 aliphatic rings. The maximum Gasteiger partial charge on any atom is 0.328 e. The monoisotopic (exact) mass is 247 g/mol. The molecule has 1 aromatic carbocycles. The number of rotatable bonds is 5. The van der Waals surface area contributed by atoms with Crippen LogP contribution in [0.5, 0.6) is 0 Å². The molecular weight excluding hydrogens is 226 g/mol. The molecule has 3 nitrogen and oxygen atoms in total. The summed E-state index contributed by atoms with van der Waals surface area (Å²) < 4.78 is 5.40. The van der Waals surface area contributed by atoms with Gasteiger partial charge < -0.3 is 10.1 Å². The van der Waals surface area contributed by atoms with Gasteiger partial charge in [0.2, 0.25) is 0 Å². The molecule has 0 spiro atoms. The second kappa shape index (κ2) is 5.89. The molecule has 1 aromatic rings. The first-order valence-corrected chi connectivity index (χ1v) is 6.75. The first-order chi connectivity index (χ1) is 8.74. The van der Waals surface area contributed by atoms with Crippen molar-refractivity contribution in [2.75, 3.05) is 11.9 Å². The standard InChI is InChI=1S/C15H21NO2/c1-3-11(4-2)10-18-15(17)14-9-12-7-5-6-8-13(12)16-14/h5-8,11,14,16H,3-4,9-10H2,1-2H3. The molecular formula is C15H21NO2. The molecule has 3 heteroatoms. The van der Waals surface area contributed by atoms with Gasteiger partial charge in [-0.05, 0) is 17.5 Å².